The Morgan fingerprint density at radius 1 is 1.22 bits per heavy atom. The number of hydrogen-bond donors (Lipinski definition) is 3. The summed E-state index contributed by atoms with van der Waals surface area (Å²) in [4.78, 5) is 23.8. The standard InChI is InChI=1S/C19H20ClN3O4/c1-12-14(20)4-3-5-15(12)22-18(25)8-9-19(26)23-21-11-13-6-7-16(24)17(10-13)27-2/h3-7,10-11,24H,8-9H2,1-2H3,(H,22,25)(H,23,26). The molecule has 0 unspecified atom stereocenters. The lowest BCUT2D eigenvalue weighted by Gasteiger charge is -2.09. The van der Waals surface area contributed by atoms with Gasteiger partial charge >= 0.3 is 0 Å². The van der Waals surface area contributed by atoms with Gasteiger partial charge in [0.2, 0.25) is 11.8 Å². The van der Waals surface area contributed by atoms with Crippen molar-refractivity contribution in [2.45, 2.75) is 19.8 Å². The molecule has 2 rings (SSSR count). The van der Waals surface area contributed by atoms with Crippen LogP contribution in [0.15, 0.2) is 41.5 Å². The topological polar surface area (TPSA) is 100 Å². The molecular weight excluding hydrogens is 370 g/mol. The van der Waals surface area contributed by atoms with Gasteiger partial charge in [0.1, 0.15) is 0 Å². The fourth-order valence-corrected chi connectivity index (χ4v) is 2.37. The molecule has 142 valence electrons. The van der Waals surface area contributed by atoms with E-state index in [1.54, 1.807) is 37.3 Å². The van der Waals surface area contributed by atoms with Gasteiger partial charge in [-0.2, -0.15) is 5.10 Å². The maximum atomic E-state index is 12.0. The summed E-state index contributed by atoms with van der Waals surface area (Å²) < 4.78 is 4.99. The summed E-state index contributed by atoms with van der Waals surface area (Å²) in [5.41, 5.74) is 4.37. The van der Waals surface area contributed by atoms with Gasteiger partial charge in [-0.1, -0.05) is 17.7 Å². The number of halogens is 1. The van der Waals surface area contributed by atoms with Gasteiger partial charge in [-0.3, -0.25) is 9.59 Å². The Kier molecular flexibility index (Phi) is 7.19. The van der Waals surface area contributed by atoms with Crippen LogP contribution in [-0.2, 0) is 9.59 Å². The lowest BCUT2D eigenvalue weighted by Crippen LogP contribution is -2.20. The fourth-order valence-electron chi connectivity index (χ4n) is 2.19. The fraction of sp³-hybridized carbons (Fsp3) is 0.211. The van der Waals surface area contributed by atoms with Crippen LogP contribution < -0.4 is 15.5 Å². The smallest absolute Gasteiger partial charge is 0.240 e. The van der Waals surface area contributed by atoms with Gasteiger partial charge in [-0.25, -0.2) is 5.43 Å². The van der Waals surface area contributed by atoms with Gasteiger partial charge in [0.15, 0.2) is 11.5 Å². The Balaban J connectivity index is 1.80. The predicted octanol–water partition coefficient (Wildman–Crippen LogP) is 3.23. The second-order valence-electron chi connectivity index (χ2n) is 5.69. The number of phenolic OH excluding ortho intramolecular Hbond substituents is 1. The molecule has 0 fully saturated rings. The average molecular weight is 390 g/mol. The van der Waals surface area contributed by atoms with Crippen LogP contribution in [0.1, 0.15) is 24.0 Å². The molecule has 7 nitrogen and oxygen atoms in total. The third kappa shape index (κ3) is 6.00. The van der Waals surface area contributed by atoms with E-state index in [0.29, 0.717) is 22.0 Å². The summed E-state index contributed by atoms with van der Waals surface area (Å²) in [6.45, 7) is 1.80. The van der Waals surface area contributed by atoms with Gasteiger partial charge in [-0.15, -0.1) is 0 Å². The SMILES string of the molecule is COc1cc(C=NNC(=O)CCC(=O)Nc2cccc(Cl)c2C)ccc1O. The van der Waals surface area contributed by atoms with E-state index >= 15 is 0 Å². The van der Waals surface area contributed by atoms with E-state index < -0.39 is 5.91 Å². The first-order chi connectivity index (χ1) is 12.9. The van der Waals surface area contributed by atoms with Gasteiger partial charge < -0.3 is 15.2 Å². The number of aromatic hydroxyl groups is 1. The lowest BCUT2D eigenvalue weighted by atomic mass is 10.2. The summed E-state index contributed by atoms with van der Waals surface area (Å²) in [6.07, 6.45) is 1.41. The number of ether oxygens (including phenoxy) is 1. The first-order valence-electron chi connectivity index (χ1n) is 8.14. The van der Waals surface area contributed by atoms with E-state index in [9.17, 15) is 14.7 Å². The van der Waals surface area contributed by atoms with Crippen molar-refractivity contribution in [1.29, 1.82) is 0 Å². The molecule has 0 aliphatic heterocycles. The Labute approximate surface area is 162 Å². The molecule has 8 heteroatoms. The van der Waals surface area contributed by atoms with Crippen LogP contribution in [0, 0.1) is 6.92 Å². The van der Waals surface area contributed by atoms with E-state index in [1.807, 2.05) is 0 Å². The Morgan fingerprint density at radius 3 is 2.70 bits per heavy atom. The zero-order valence-corrected chi connectivity index (χ0v) is 15.7. The summed E-state index contributed by atoms with van der Waals surface area (Å²) in [7, 11) is 1.44. The number of nitrogens with one attached hydrogen (secondary N) is 2. The molecule has 3 N–H and O–H groups in total. The van der Waals surface area contributed by atoms with Crippen LogP contribution in [0.3, 0.4) is 0 Å². The number of nitrogens with zero attached hydrogens (tertiary/aromatic N) is 1. The third-order valence-electron chi connectivity index (χ3n) is 3.73. The summed E-state index contributed by atoms with van der Waals surface area (Å²) >= 11 is 6.01. The van der Waals surface area contributed by atoms with Gasteiger partial charge in [0.05, 0.1) is 13.3 Å². The van der Waals surface area contributed by atoms with Crippen LogP contribution in [-0.4, -0.2) is 30.2 Å². The number of anilines is 1. The maximum Gasteiger partial charge on any atom is 0.240 e. The number of rotatable bonds is 7. The van der Waals surface area contributed by atoms with Crippen molar-refractivity contribution >= 4 is 35.3 Å². The molecule has 0 atom stereocenters. The highest BCUT2D eigenvalue weighted by Crippen LogP contribution is 2.25. The van der Waals surface area contributed by atoms with Crippen LogP contribution in [0.4, 0.5) is 5.69 Å². The molecule has 0 radical (unpaired) electrons. The third-order valence-corrected chi connectivity index (χ3v) is 4.14. The number of hydrogen-bond acceptors (Lipinski definition) is 5. The molecular formula is C19H20ClN3O4. The lowest BCUT2D eigenvalue weighted by molar-refractivity contribution is -0.124. The van der Waals surface area contributed by atoms with E-state index in [1.165, 1.54) is 19.4 Å². The number of carbonyl (C=O) groups is 2. The molecule has 0 bridgehead atoms. The van der Waals surface area contributed by atoms with Crippen molar-refractivity contribution in [2.75, 3.05) is 12.4 Å². The zero-order chi connectivity index (χ0) is 19.8. The molecule has 0 spiro atoms. The summed E-state index contributed by atoms with van der Waals surface area (Å²) in [5.74, 6) is -0.365. The number of phenols is 1. The Hall–Kier alpha value is -3.06. The highest BCUT2D eigenvalue weighted by Gasteiger charge is 2.09. The molecule has 2 amide bonds. The molecule has 2 aromatic rings. The van der Waals surface area contributed by atoms with Crippen molar-refractivity contribution in [3.63, 3.8) is 0 Å². The Morgan fingerprint density at radius 2 is 1.96 bits per heavy atom. The summed E-state index contributed by atoms with van der Waals surface area (Å²) in [5, 5.41) is 16.6. The molecule has 0 heterocycles. The highest BCUT2D eigenvalue weighted by atomic mass is 35.5. The second-order valence-corrected chi connectivity index (χ2v) is 6.09. The van der Waals surface area contributed by atoms with Gasteiger partial charge in [-0.05, 0) is 48.4 Å². The minimum atomic E-state index is -0.394. The quantitative estimate of drug-likeness (QED) is 0.500. The van der Waals surface area contributed by atoms with Gasteiger partial charge in [0.25, 0.3) is 0 Å². The molecule has 0 aromatic heterocycles. The zero-order valence-electron chi connectivity index (χ0n) is 15.0. The number of methoxy groups -OCH3 is 1. The van der Waals surface area contributed by atoms with Crippen molar-refractivity contribution in [2.24, 2.45) is 5.10 Å². The van der Waals surface area contributed by atoms with E-state index in [-0.39, 0.29) is 24.5 Å². The number of carbonyl (C=O) groups excluding carboxylic acids is 2. The van der Waals surface area contributed by atoms with Crippen molar-refractivity contribution in [1.82, 2.24) is 5.43 Å². The summed E-state index contributed by atoms with van der Waals surface area (Å²) in [6, 6.07) is 9.88. The largest absolute Gasteiger partial charge is 0.504 e. The average Bonchev–Trinajstić information content (AvgIpc) is 2.65. The predicted molar refractivity (Wildman–Crippen MR) is 104 cm³/mol. The number of benzene rings is 2. The van der Waals surface area contributed by atoms with Crippen molar-refractivity contribution in [3.8, 4) is 11.5 Å². The van der Waals surface area contributed by atoms with E-state index in [4.69, 9.17) is 16.3 Å². The molecule has 0 saturated carbocycles. The number of amides is 2. The molecule has 0 saturated heterocycles. The normalized spacial score (nSPS) is 10.6. The van der Waals surface area contributed by atoms with E-state index in [0.717, 1.165) is 5.56 Å². The Bertz CT molecular complexity index is 868. The second kappa shape index (κ2) is 9.59. The van der Waals surface area contributed by atoms with Crippen LogP contribution in [0.2, 0.25) is 5.02 Å². The van der Waals surface area contributed by atoms with Crippen LogP contribution in [0.25, 0.3) is 0 Å². The minimum Gasteiger partial charge on any atom is -0.504 e. The first kappa shape index (κ1) is 20.3. The molecule has 0 aliphatic rings. The maximum absolute atomic E-state index is 12.0. The molecule has 27 heavy (non-hydrogen) atoms. The van der Waals surface area contributed by atoms with Crippen LogP contribution in [0.5, 0.6) is 11.5 Å². The van der Waals surface area contributed by atoms with Crippen molar-refractivity contribution < 1.29 is 19.4 Å². The molecule has 0 aliphatic carbocycles. The van der Waals surface area contributed by atoms with E-state index in [2.05, 4.69) is 15.8 Å². The number of hydrazone groups is 1. The minimum absolute atomic E-state index is 0.0122. The monoisotopic (exact) mass is 389 g/mol. The highest BCUT2D eigenvalue weighted by molar-refractivity contribution is 6.31. The van der Waals surface area contributed by atoms with Crippen LogP contribution >= 0.6 is 11.6 Å². The van der Waals surface area contributed by atoms with Gasteiger partial charge in [0, 0.05) is 23.6 Å². The van der Waals surface area contributed by atoms with Crippen molar-refractivity contribution in [3.05, 3.63) is 52.5 Å². The molecule has 2 aromatic carbocycles. The first-order valence-corrected chi connectivity index (χ1v) is 8.52.